The van der Waals surface area contributed by atoms with Crippen LogP contribution in [0.2, 0.25) is 0 Å². The van der Waals surface area contributed by atoms with Gasteiger partial charge in [0.1, 0.15) is 10.1 Å². The molecule has 0 aliphatic rings. The number of rotatable bonds is 4. The van der Waals surface area contributed by atoms with E-state index in [1.54, 1.807) is 18.2 Å². The van der Waals surface area contributed by atoms with Crippen LogP contribution in [0.1, 0.15) is 0 Å². The molecule has 0 aromatic heterocycles. The summed E-state index contributed by atoms with van der Waals surface area (Å²) in [4.78, 5) is -0.112. The first-order chi connectivity index (χ1) is 13.1. The summed E-state index contributed by atoms with van der Waals surface area (Å²) in [7, 11) is -5.84. The maximum Gasteiger partial charge on any atom is 1.00 e. The van der Waals surface area contributed by atoms with E-state index in [4.69, 9.17) is 0 Å². The van der Waals surface area contributed by atoms with E-state index in [1.807, 2.05) is 78.9 Å². The van der Waals surface area contributed by atoms with E-state index in [2.05, 4.69) is 0 Å². The molecule has 0 unspecified atom stereocenters. The monoisotopic (exact) mass is 414 g/mol. The van der Waals surface area contributed by atoms with Gasteiger partial charge in [-0.25, -0.2) is 8.42 Å². The second-order valence-corrected chi connectivity index (χ2v) is 9.60. The van der Waals surface area contributed by atoms with Gasteiger partial charge in [0.05, 0.1) is 4.90 Å². The fraction of sp³-hybridized carbons (Fsp3) is 0. The minimum Gasteiger partial charge on any atom is -0.744 e. The summed E-state index contributed by atoms with van der Waals surface area (Å²) in [5, 5.41) is 3.78. The van der Waals surface area contributed by atoms with Crippen molar-refractivity contribution in [2.45, 2.75) is 4.90 Å². The van der Waals surface area contributed by atoms with Gasteiger partial charge in [0.15, 0.2) is 0 Å². The van der Waals surface area contributed by atoms with Crippen LogP contribution < -0.4 is 45.5 Å². The molecular weight excluding hydrogens is 398 g/mol. The zero-order valence-corrected chi connectivity index (χ0v) is 19.0. The molecule has 0 saturated carbocycles. The standard InChI is InChI=1S/C22H17O3PS.Na/c23-27(24,25)22-20-14-8-7-9-17(20)15-16-21(22)26(18-10-3-1-4-11-18)19-12-5-2-6-13-19;/h1-16H,(H,23,24,25);/q;+1/p-1. The minimum absolute atomic E-state index is 0. The van der Waals surface area contributed by atoms with Crippen LogP contribution in [0.15, 0.2) is 102 Å². The minimum atomic E-state index is -4.65. The normalized spacial score (nSPS) is 11.4. The molecule has 0 fully saturated rings. The van der Waals surface area contributed by atoms with Gasteiger partial charge in [-0.1, -0.05) is 97.1 Å². The van der Waals surface area contributed by atoms with Gasteiger partial charge >= 0.3 is 29.6 Å². The van der Waals surface area contributed by atoms with Crippen LogP contribution in [0, 0.1) is 0 Å². The molecule has 0 amide bonds. The Hall–Kier alpha value is -1.52. The van der Waals surface area contributed by atoms with Crippen molar-refractivity contribution in [1.29, 1.82) is 0 Å². The summed E-state index contributed by atoms with van der Waals surface area (Å²) in [6.45, 7) is 0. The summed E-state index contributed by atoms with van der Waals surface area (Å²) in [6, 6.07) is 30.3. The Bertz CT molecular complexity index is 1160. The van der Waals surface area contributed by atoms with Crippen molar-refractivity contribution in [2.75, 3.05) is 0 Å². The summed E-state index contributed by atoms with van der Waals surface area (Å²) in [5.41, 5.74) is 0. The van der Waals surface area contributed by atoms with Gasteiger partial charge in [-0.15, -0.1) is 0 Å². The smallest absolute Gasteiger partial charge is 0.744 e. The molecule has 0 saturated heterocycles. The number of hydrogen-bond acceptors (Lipinski definition) is 3. The molecule has 4 rings (SSSR count). The van der Waals surface area contributed by atoms with Gasteiger partial charge < -0.3 is 4.55 Å². The number of hydrogen-bond donors (Lipinski definition) is 0. The van der Waals surface area contributed by atoms with Crippen LogP contribution in [0.4, 0.5) is 0 Å². The van der Waals surface area contributed by atoms with E-state index in [0.29, 0.717) is 10.7 Å². The Morgan fingerprint density at radius 3 is 1.68 bits per heavy atom. The molecular formula is C22H16NaO3PS. The summed E-state index contributed by atoms with van der Waals surface area (Å²) in [5.74, 6) is 0. The van der Waals surface area contributed by atoms with Crippen molar-refractivity contribution >= 4 is 44.7 Å². The SMILES string of the molecule is O=S(=O)([O-])c1c(P(c2ccccc2)c2ccccc2)ccc2ccccc12.[Na+]. The van der Waals surface area contributed by atoms with E-state index < -0.39 is 18.0 Å². The average Bonchev–Trinajstić information content (AvgIpc) is 2.69. The predicted molar refractivity (Wildman–Crippen MR) is 111 cm³/mol. The second kappa shape index (κ2) is 8.87. The molecule has 0 aliphatic carbocycles. The number of fused-ring (bicyclic) bond motifs is 1. The Morgan fingerprint density at radius 2 is 1.14 bits per heavy atom. The summed E-state index contributed by atoms with van der Waals surface area (Å²) in [6.07, 6.45) is 0. The maximum atomic E-state index is 12.3. The molecule has 134 valence electrons. The zero-order chi connectivity index (χ0) is 18.9. The predicted octanol–water partition coefficient (Wildman–Crippen LogP) is 0.506. The molecule has 0 atom stereocenters. The van der Waals surface area contributed by atoms with Crippen LogP contribution in [0.25, 0.3) is 10.8 Å². The molecule has 0 bridgehead atoms. The van der Waals surface area contributed by atoms with Gasteiger partial charge in [-0.05, 0) is 29.3 Å². The number of benzene rings is 4. The van der Waals surface area contributed by atoms with Crippen molar-refractivity contribution in [3.63, 3.8) is 0 Å². The molecule has 4 aromatic carbocycles. The molecule has 0 aliphatic heterocycles. The fourth-order valence-corrected chi connectivity index (χ4v) is 6.98. The second-order valence-electron chi connectivity index (χ2n) is 6.10. The third kappa shape index (κ3) is 4.23. The largest absolute Gasteiger partial charge is 1.00 e. The van der Waals surface area contributed by atoms with E-state index in [0.717, 1.165) is 16.0 Å². The molecule has 0 radical (unpaired) electrons. The van der Waals surface area contributed by atoms with E-state index in [9.17, 15) is 13.0 Å². The van der Waals surface area contributed by atoms with Crippen molar-refractivity contribution < 1.29 is 42.5 Å². The van der Waals surface area contributed by atoms with Crippen LogP contribution in [-0.4, -0.2) is 13.0 Å². The Balaban J connectivity index is 0.00000225. The summed E-state index contributed by atoms with van der Waals surface area (Å²) >= 11 is 0. The Labute approximate surface area is 188 Å². The van der Waals surface area contributed by atoms with Gasteiger partial charge in [-0.3, -0.25) is 0 Å². The van der Waals surface area contributed by atoms with Crippen molar-refractivity contribution in [2.24, 2.45) is 0 Å². The first kappa shape index (κ1) is 21.2. The topological polar surface area (TPSA) is 57.2 Å². The maximum absolute atomic E-state index is 12.3. The molecule has 3 nitrogen and oxygen atoms in total. The van der Waals surface area contributed by atoms with Crippen LogP contribution in [0.5, 0.6) is 0 Å². The van der Waals surface area contributed by atoms with Gasteiger partial charge in [0, 0.05) is 5.30 Å². The van der Waals surface area contributed by atoms with Gasteiger partial charge in [0.2, 0.25) is 0 Å². The van der Waals surface area contributed by atoms with E-state index in [1.165, 1.54) is 0 Å². The van der Waals surface area contributed by atoms with Crippen LogP contribution in [0.3, 0.4) is 0 Å². The third-order valence-electron chi connectivity index (χ3n) is 4.38. The van der Waals surface area contributed by atoms with Crippen molar-refractivity contribution in [3.8, 4) is 0 Å². The van der Waals surface area contributed by atoms with Crippen LogP contribution >= 0.6 is 7.92 Å². The molecule has 4 aromatic rings. The summed E-state index contributed by atoms with van der Waals surface area (Å²) < 4.78 is 36.9. The van der Waals surface area contributed by atoms with E-state index >= 15 is 0 Å². The quantitative estimate of drug-likeness (QED) is 0.278. The molecule has 0 spiro atoms. The molecule has 0 heterocycles. The zero-order valence-electron chi connectivity index (χ0n) is 15.3. The Kier molecular flexibility index (Phi) is 6.72. The molecule has 28 heavy (non-hydrogen) atoms. The third-order valence-corrected chi connectivity index (χ3v) is 7.95. The van der Waals surface area contributed by atoms with Crippen molar-refractivity contribution in [3.05, 3.63) is 97.1 Å². The first-order valence-corrected chi connectivity index (χ1v) is 11.2. The Morgan fingerprint density at radius 1 is 0.643 bits per heavy atom. The average molecular weight is 414 g/mol. The van der Waals surface area contributed by atoms with E-state index in [-0.39, 0.29) is 34.5 Å². The van der Waals surface area contributed by atoms with Gasteiger partial charge in [-0.2, -0.15) is 0 Å². The molecule has 0 N–H and O–H groups in total. The first-order valence-electron chi connectivity index (χ1n) is 8.43. The van der Waals surface area contributed by atoms with Crippen LogP contribution in [-0.2, 0) is 10.1 Å². The fourth-order valence-electron chi connectivity index (χ4n) is 3.25. The van der Waals surface area contributed by atoms with Gasteiger partial charge in [0.25, 0.3) is 0 Å². The molecule has 6 heteroatoms. The van der Waals surface area contributed by atoms with Crippen molar-refractivity contribution in [1.82, 2.24) is 0 Å².